The molecule has 0 radical (unpaired) electrons. The van der Waals surface area contributed by atoms with Crippen LogP contribution in [0.25, 0.3) is 0 Å². The molecular formula is C16H12BrF3. The van der Waals surface area contributed by atoms with Crippen LogP contribution < -0.4 is 0 Å². The van der Waals surface area contributed by atoms with Crippen LogP contribution in [0.3, 0.4) is 0 Å². The van der Waals surface area contributed by atoms with Gasteiger partial charge in [-0.05, 0) is 59.7 Å². The fraction of sp³-hybridized carbons (Fsp3) is 0.250. The maximum absolute atomic E-state index is 12.7. The van der Waals surface area contributed by atoms with Gasteiger partial charge in [-0.1, -0.05) is 34.1 Å². The zero-order chi connectivity index (χ0) is 14.3. The van der Waals surface area contributed by atoms with Crippen molar-refractivity contribution < 1.29 is 13.2 Å². The average Bonchev–Trinajstić information content (AvgIpc) is 2.80. The highest BCUT2D eigenvalue weighted by atomic mass is 79.9. The van der Waals surface area contributed by atoms with E-state index in [2.05, 4.69) is 15.9 Å². The Morgan fingerprint density at radius 1 is 0.950 bits per heavy atom. The van der Waals surface area contributed by atoms with Crippen molar-refractivity contribution in [2.75, 3.05) is 0 Å². The second-order valence-corrected chi connectivity index (χ2v) is 6.06. The summed E-state index contributed by atoms with van der Waals surface area (Å²) in [5, 5.41) is 0. The third-order valence-corrected chi connectivity index (χ3v) is 4.28. The Labute approximate surface area is 123 Å². The van der Waals surface area contributed by atoms with Gasteiger partial charge in [0.15, 0.2) is 0 Å². The Kier molecular flexibility index (Phi) is 3.36. The van der Waals surface area contributed by atoms with Gasteiger partial charge in [0.2, 0.25) is 0 Å². The van der Waals surface area contributed by atoms with Crippen LogP contribution in [-0.4, -0.2) is 0 Å². The van der Waals surface area contributed by atoms with E-state index in [1.54, 1.807) is 6.07 Å². The van der Waals surface area contributed by atoms with Gasteiger partial charge in [-0.25, -0.2) is 0 Å². The van der Waals surface area contributed by atoms with Crippen molar-refractivity contribution in [2.45, 2.75) is 24.9 Å². The molecule has 2 aromatic carbocycles. The Hall–Kier alpha value is -1.29. The maximum Gasteiger partial charge on any atom is 0.416 e. The smallest absolute Gasteiger partial charge is 0.166 e. The van der Waals surface area contributed by atoms with Crippen LogP contribution in [0, 0.1) is 0 Å². The Morgan fingerprint density at radius 3 is 2.40 bits per heavy atom. The lowest BCUT2D eigenvalue weighted by atomic mass is 9.96. The molecule has 0 amide bonds. The van der Waals surface area contributed by atoms with Crippen LogP contribution >= 0.6 is 15.9 Å². The summed E-state index contributed by atoms with van der Waals surface area (Å²) < 4.78 is 39.2. The van der Waals surface area contributed by atoms with Crippen LogP contribution in [-0.2, 0) is 19.0 Å². The van der Waals surface area contributed by atoms with Crippen molar-refractivity contribution in [1.82, 2.24) is 0 Å². The first-order valence-electron chi connectivity index (χ1n) is 6.38. The first-order valence-corrected chi connectivity index (χ1v) is 7.17. The summed E-state index contributed by atoms with van der Waals surface area (Å²) in [6.07, 6.45) is -2.78. The highest BCUT2D eigenvalue weighted by molar-refractivity contribution is 9.10. The molecule has 0 aliphatic heterocycles. The molecule has 20 heavy (non-hydrogen) atoms. The predicted molar refractivity (Wildman–Crippen MR) is 75.7 cm³/mol. The largest absolute Gasteiger partial charge is 0.416 e. The molecule has 0 spiro atoms. The number of fused-ring (bicyclic) bond motifs is 1. The van der Waals surface area contributed by atoms with Crippen molar-refractivity contribution in [3.8, 4) is 0 Å². The van der Waals surface area contributed by atoms with Gasteiger partial charge in [0.25, 0.3) is 0 Å². The van der Waals surface area contributed by atoms with Crippen molar-refractivity contribution >= 4 is 15.9 Å². The zero-order valence-corrected chi connectivity index (χ0v) is 12.1. The van der Waals surface area contributed by atoms with Crippen molar-refractivity contribution in [3.63, 3.8) is 0 Å². The Balaban J connectivity index is 1.89. The standard InChI is InChI=1S/C16H12BrF3/c17-15-3-1-2-10(9-15)12-6-11-4-5-14(16(18,19)20)8-13(11)7-12/h1-5,8-9,12H,6-7H2. The first-order chi connectivity index (χ1) is 9.43. The zero-order valence-electron chi connectivity index (χ0n) is 10.5. The molecule has 0 saturated heterocycles. The Bertz CT molecular complexity index is 646. The quantitative estimate of drug-likeness (QED) is 0.656. The van der Waals surface area contributed by atoms with Gasteiger partial charge in [0.1, 0.15) is 0 Å². The predicted octanol–water partition coefficient (Wildman–Crippen LogP) is 5.35. The monoisotopic (exact) mass is 340 g/mol. The van der Waals surface area contributed by atoms with Gasteiger partial charge >= 0.3 is 6.18 Å². The van der Waals surface area contributed by atoms with E-state index in [4.69, 9.17) is 0 Å². The molecule has 2 aromatic rings. The van der Waals surface area contributed by atoms with Crippen molar-refractivity contribution in [1.29, 1.82) is 0 Å². The van der Waals surface area contributed by atoms with Crippen molar-refractivity contribution in [2.24, 2.45) is 0 Å². The van der Waals surface area contributed by atoms with E-state index in [0.29, 0.717) is 6.42 Å². The molecule has 0 nitrogen and oxygen atoms in total. The highest BCUT2D eigenvalue weighted by Gasteiger charge is 2.32. The summed E-state index contributed by atoms with van der Waals surface area (Å²) in [7, 11) is 0. The van der Waals surface area contributed by atoms with E-state index in [1.807, 2.05) is 24.3 Å². The lowest BCUT2D eigenvalue weighted by Gasteiger charge is -2.09. The second-order valence-electron chi connectivity index (χ2n) is 5.14. The van der Waals surface area contributed by atoms with Crippen LogP contribution in [0.15, 0.2) is 46.9 Å². The summed E-state index contributed by atoms with van der Waals surface area (Å²) in [5.41, 5.74) is 2.48. The number of benzene rings is 2. The van der Waals surface area contributed by atoms with Gasteiger partial charge in [0, 0.05) is 4.47 Å². The molecule has 1 unspecified atom stereocenters. The number of hydrogen-bond acceptors (Lipinski definition) is 0. The van der Waals surface area contributed by atoms with Gasteiger partial charge < -0.3 is 0 Å². The molecule has 0 bridgehead atoms. The summed E-state index contributed by atoms with van der Waals surface area (Å²) in [6.45, 7) is 0. The molecule has 3 rings (SSSR count). The Morgan fingerprint density at radius 2 is 1.70 bits per heavy atom. The van der Waals surface area contributed by atoms with Gasteiger partial charge in [-0.3, -0.25) is 0 Å². The minimum absolute atomic E-state index is 0.269. The van der Waals surface area contributed by atoms with Gasteiger partial charge in [-0.2, -0.15) is 13.2 Å². The van der Waals surface area contributed by atoms with E-state index in [0.717, 1.165) is 22.0 Å². The van der Waals surface area contributed by atoms with Crippen LogP contribution in [0.5, 0.6) is 0 Å². The number of rotatable bonds is 1. The van der Waals surface area contributed by atoms with Crippen molar-refractivity contribution in [3.05, 3.63) is 69.2 Å². The number of hydrogen-bond donors (Lipinski definition) is 0. The molecule has 0 N–H and O–H groups in total. The average molecular weight is 341 g/mol. The molecule has 0 heterocycles. The lowest BCUT2D eigenvalue weighted by Crippen LogP contribution is -2.05. The van der Waals surface area contributed by atoms with Crippen LogP contribution in [0.1, 0.15) is 28.2 Å². The molecular weight excluding hydrogens is 329 g/mol. The van der Waals surface area contributed by atoms with E-state index < -0.39 is 11.7 Å². The van der Waals surface area contributed by atoms with Gasteiger partial charge in [0.05, 0.1) is 5.56 Å². The maximum atomic E-state index is 12.7. The third-order valence-electron chi connectivity index (χ3n) is 3.79. The SMILES string of the molecule is FC(F)(F)c1ccc2c(c1)CC(c1cccc(Br)c1)C2. The van der Waals surface area contributed by atoms with E-state index in [9.17, 15) is 13.2 Å². The normalized spacial score (nSPS) is 18.1. The fourth-order valence-electron chi connectivity index (χ4n) is 2.79. The second kappa shape index (κ2) is 4.92. The third kappa shape index (κ3) is 2.62. The first kappa shape index (κ1) is 13.7. The molecule has 4 heteroatoms. The molecule has 0 fully saturated rings. The number of alkyl halides is 3. The molecule has 104 valence electrons. The number of halogens is 4. The van der Waals surface area contributed by atoms with Crippen LogP contribution in [0.2, 0.25) is 0 Å². The lowest BCUT2D eigenvalue weighted by molar-refractivity contribution is -0.137. The molecule has 1 atom stereocenters. The molecule has 0 aromatic heterocycles. The molecule has 0 saturated carbocycles. The summed E-state index contributed by atoms with van der Waals surface area (Å²) in [5.74, 6) is 0.269. The van der Waals surface area contributed by atoms with E-state index in [1.165, 1.54) is 17.7 Å². The van der Waals surface area contributed by atoms with E-state index in [-0.39, 0.29) is 5.92 Å². The summed E-state index contributed by atoms with van der Waals surface area (Å²) >= 11 is 3.43. The minimum atomic E-state index is -4.26. The molecule has 1 aliphatic rings. The topological polar surface area (TPSA) is 0 Å². The highest BCUT2D eigenvalue weighted by Crippen LogP contribution is 2.38. The fourth-order valence-corrected chi connectivity index (χ4v) is 3.21. The van der Waals surface area contributed by atoms with Gasteiger partial charge in [-0.15, -0.1) is 0 Å². The minimum Gasteiger partial charge on any atom is -0.166 e. The van der Waals surface area contributed by atoms with E-state index >= 15 is 0 Å². The van der Waals surface area contributed by atoms with Crippen LogP contribution in [0.4, 0.5) is 13.2 Å². The molecule has 1 aliphatic carbocycles. The summed E-state index contributed by atoms with van der Waals surface area (Å²) in [4.78, 5) is 0. The summed E-state index contributed by atoms with van der Waals surface area (Å²) in [6, 6.07) is 12.1.